The molecule has 2 nitrogen and oxygen atoms in total. The topological polar surface area (TPSA) is 29.1 Å². The first kappa shape index (κ1) is 6.75. The summed E-state index contributed by atoms with van der Waals surface area (Å²) in [5.74, 6) is 1.04. The number of hydrogen-bond donors (Lipinski definition) is 1. The van der Waals surface area contributed by atoms with Crippen LogP contribution in [0.15, 0.2) is 0 Å². The molecule has 0 aromatic rings. The van der Waals surface area contributed by atoms with E-state index in [4.69, 9.17) is 0 Å². The van der Waals surface area contributed by atoms with Gasteiger partial charge in [-0.1, -0.05) is 6.92 Å². The van der Waals surface area contributed by atoms with Gasteiger partial charge in [-0.3, -0.25) is 4.79 Å². The van der Waals surface area contributed by atoms with Crippen LogP contribution in [-0.2, 0) is 4.79 Å². The highest BCUT2D eigenvalue weighted by molar-refractivity contribution is 5.80. The summed E-state index contributed by atoms with van der Waals surface area (Å²) in [4.78, 5) is 10.8. The van der Waals surface area contributed by atoms with Gasteiger partial charge in [0.15, 0.2) is 0 Å². The average Bonchev–Trinajstić information content (AvgIpc) is 1.97. The summed E-state index contributed by atoms with van der Waals surface area (Å²) in [5, 5.41) is 3.10. The van der Waals surface area contributed by atoms with Crippen LogP contribution in [0.25, 0.3) is 0 Å². The fourth-order valence-electron chi connectivity index (χ4n) is 1.06. The van der Waals surface area contributed by atoms with Crippen molar-refractivity contribution in [2.24, 2.45) is 5.92 Å². The molecule has 9 heavy (non-hydrogen) atoms. The Bertz CT molecular complexity index is 111. The van der Waals surface area contributed by atoms with E-state index in [1.54, 1.807) is 0 Å². The molecule has 1 heterocycles. The monoisotopic (exact) mass is 127 g/mol. The summed E-state index contributed by atoms with van der Waals surface area (Å²) in [7, 11) is 0. The quantitative estimate of drug-likeness (QED) is 0.515. The first-order valence-corrected chi connectivity index (χ1v) is 3.51. The van der Waals surface area contributed by atoms with Crippen molar-refractivity contribution in [1.29, 1.82) is 0 Å². The maximum Gasteiger partial charge on any atom is 0.146 e. The van der Waals surface area contributed by atoms with E-state index in [2.05, 4.69) is 12.2 Å². The summed E-state index contributed by atoms with van der Waals surface area (Å²) >= 11 is 0. The molecule has 0 bridgehead atoms. The molecule has 0 aromatic carbocycles. The number of carbonyl (C=O) groups is 1. The lowest BCUT2D eigenvalue weighted by atomic mass is 10.1. The lowest BCUT2D eigenvalue weighted by Crippen LogP contribution is -2.22. The number of hydrogen-bond acceptors (Lipinski definition) is 2. The zero-order valence-corrected chi connectivity index (χ0v) is 5.81. The molecule has 0 saturated carbocycles. The Morgan fingerprint density at radius 2 is 2.44 bits per heavy atom. The largest absolute Gasteiger partial charge is 0.310 e. The van der Waals surface area contributed by atoms with E-state index in [0.29, 0.717) is 18.2 Å². The number of Topliss-reactive ketones (excluding diaryl/α,β-unsaturated/α-hetero) is 1. The standard InChI is InChI=1S/C7H13NO/c1-6-2-3-7(9)5-8-4-6/h6,8H,2-5H2,1H3. The maximum absolute atomic E-state index is 10.8. The third kappa shape index (κ3) is 2.14. The first-order valence-electron chi connectivity index (χ1n) is 3.51. The van der Waals surface area contributed by atoms with Gasteiger partial charge in [0, 0.05) is 6.42 Å². The fraction of sp³-hybridized carbons (Fsp3) is 0.857. The molecular weight excluding hydrogens is 114 g/mol. The van der Waals surface area contributed by atoms with Crippen LogP contribution in [0.5, 0.6) is 0 Å². The minimum atomic E-state index is 0.361. The van der Waals surface area contributed by atoms with E-state index < -0.39 is 0 Å². The van der Waals surface area contributed by atoms with Crippen LogP contribution >= 0.6 is 0 Å². The van der Waals surface area contributed by atoms with E-state index in [9.17, 15) is 4.79 Å². The Morgan fingerprint density at radius 1 is 1.67 bits per heavy atom. The Morgan fingerprint density at radius 3 is 3.22 bits per heavy atom. The number of ketones is 1. The average molecular weight is 127 g/mol. The molecule has 0 aliphatic carbocycles. The summed E-state index contributed by atoms with van der Waals surface area (Å²) in [6.07, 6.45) is 1.83. The molecule has 1 saturated heterocycles. The van der Waals surface area contributed by atoms with Crippen LogP contribution in [0.1, 0.15) is 19.8 Å². The minimum Gasteiger partial charge on any atom is -0.310 e. The summed E-state index contributed by atoms with van der Waals surface area (Å²) in [6, 6.07) is 0. The second-order valence-electron chi connectivity index (χ2n) is 2.81. The van der Waals surface area contributed by atoms with Crippen molar-refractivity contribution in [2.45, 2.75) is 19.8 Å². The van der Waals surface area contributed by atoms with Crippen molar-refractivity contribution in [3.05, 3.63) is 0 Å². The highest BCUT2D eigenvalue weighted by Crippen LogP contribution is 2.06. The van der Waals surface area contributed by atoms with Gasteiger partial charge in [0.25, 0.3) is 0 Å². The molecule has 0 spiro atoms. The molecule has 52 valence electrons. The van der Waals surface area contributed by atoms with Gasteiger partial charge in [-0.05, 0) is 18.9 Å². The predicted molar refractivity (Wildman–Crippen MR) is 36.3 cm³/mol. The molecule has 0 amide bonds. The lowest BCUT2D eigenvalue weighted by molar-refractivity contribution is -0.118. The summed E-state index contributed by atoms with van der Waals surface area (Å²) < 4.78 is 0. The van der Waals surface area contributed by atoms with Gasteiger partial charge in [0.05, 0.1) is 6.54 Å². The molecule has 0 radical (unpaired) electrons. The van der Waals surface area contributed by atoms with E-state index >= 15 is 0 Å². The van der Waals surface area contributed by atoms with Crippen molar-refractivity contribution in [2.75, 3.05) is 13.1 Å². The van der Waals surface area contributed by atoms with Gasteiger partial charge < -0.3 is 5.32 Å². The molecule has 1 atom stereocenters. The molecule has 1 unspecified atom stereocenters. The second-order valence-corrected chi connectivity index (χ2v) is 2.81. The van der Waals surface area contributed by atoms with E-state index in [1.807, 2.05) is 0 Å². The van der Waals surface area contributed by atoms with Crippen molar-refractivity contribution < 1.29 is 4.79 Å². The normalized spacial score (nSPS) is 29.9. The van der Waals surface area contributed by atoms with Crippen molar-refractivity contribution >= 4 is 5.78 Å². The molecule has 1 rings (SSSR count). The fourth-order valence-corrected chi connectivity index (χ4v) is 1.06. The zero-order valence-electron chi connectivity index (χ0n) is 5.81. The van der Waals surface area contributed by atoms with Gasteiger partial charge >= 0.3 is 0 Å². The highest BCUT2D eigenvalue weighted by Gasteiger charge is 2.10. The van der Waals surface area contributed by atoms with Gasteiger partial charge in [-0.15, -0.1) is 0 Å². The molecular formula is C7H13NO. The van der Waals surface area contributed by atoms with E-state index in [1.165, 1.54) is 0 Å². The van der Waals surface area contributed by atoms with Crippen molar-refractivity contribution in [3.63, 3.8) is 0 Å². The molecule has 2 heteroatoms. The summed E-state index contributed by atoms with van der Waals surface area (Å²) in [6.45, 7) is 3.77. The van der Waals surface area contributed by atoms with Crippen LogP contribution in [0.2, 0.25) is 0 Å². The molecule has 1 N–H and O–H groups in total. The Labute approximate surface area is 55.6 Å². The number of carbonyl (C=O) groups excluding carboxylic acids is 1. The van der Waals surface area contributed by atoms with Crippen LogP contribution in [-0.4, -0.2) is 18.9 Å². The molecule has 0 aromatic heterocycles. The second kappa shape index (κ2) is 2.97. The Balaban J connectivity index is 2.34. The minimum absolute atomic E-state index is 0.361. The van der Waals surface area contributed by atoms with Crippen LogP contribution < -0.4 is 5.32 Å². The molecule has 1 aliphatic rings. The van der Waals surface area contributed by atoms with Gasteiger partial charge in [-0.2, -0.15) is 0 Å². The van der Waals surface area contributed by atoms with Gasteiger partial charge in [-0.25, -0.2) is 0 Å². The third-order valence-electron chi connectivity index (χ3n) is 1.73. The predicted octanol–water partition coefficient (Wildman–Crippen LogP) is 0.575. The van der Waals surface area contributed by atoms with E-state index in [-0.39, 0.29) is 0 Å². The number of nitrogens with one attached hydrogen (secondary N) is 1. The summed E-state index contributed by atoms with van der Waals surface area (Å²) in [5.41, 5.74) is 0. The smallest absolute Gasteiger partial charge is 0.146 e. The number of rotatable bonds is 0. The van der Waals surface area contributed by atoms with Crippen molar-refractivity contribution in [3.8, 4) is 0 Å². The van der Waals surface area contributed by atoms with Crippen LogP contribution in [0, 0.1) is 5.92 Å². The highest BCUT2D eigenvalue weighted by atomic mass is 16.1. The van der Waals surface area contributed by atoms with E-state index in [0.717, 1.165) is 19.4 Å². The lowest BCUT2D eigenvalue weighted by Gasteiger charge is -2.03. The third-order valence-corrected chi connectivity index (χ3v) is 1.73. The molecule has 1 fully saturated rings. The van der Waals surface area contributed by atoms with Gasteiger partial charge in [0.1, 0.15) is 5.78 Å². The van der Waals surface area contributed by atoms with Crippen molar-refractivity contribution in [1.82, 2.24) is 5.32 Å². The Hall–Kier alpha value is -0.370. The maximum atomic E-state index is 10.8. The van der Waals surface area contributed by atoms with Crippen LogP contribution in [0.4, 0.5) is 0 Å². The molecule has 1 aliphatic heterocycles. The Kier molecular flexibility index (Phi) is 2.22. The van der Waals surface area contributed by atoms with Gasteiger partial charge in [0.2, 0.25) is 0 Å². The SMILES string of the molecule is CC1CCC(=O)CNC1. The first-order chi connectivity index (χ1) is 4.29. The zero-order chi connectivity index (χ0) is 6.69. The van der Waals surface area contributed by atoms with Crippen LogP contribution in [0.3, 0.4) is 0 Å².